The molecule has 2 aliphatic carbocycles. The van der Waals surface area contributed by atoms with E-state index in [0.717, 1.165) is 36.8 Å². The van der Waals surface area contributed by atoms with Crippen molar-refractivity contribution in [2.45, 2.75) is 67.4 Å². The zero-order valence-corrected chi connectivity index (χ0v) is 18.0. The van der Waals surface area contributed by atoms with E-state index in [-0.39, 0.29) is 0 Å². The van der Waals surface area contributed by atoms with Crippen molar-refractivity contribution in [1.82, 2.24) is 15.5 Å². The molecule has 0 radical (unpaired) electrons. The first-order valence-corrected chi connectivity index (χ1v) is 11.9. The van der Waals surface area contributed by atoms with Crippen molar-refractivity contribution in [3.8, 4) is 0 Å². The van der Waals surface area contributed by atoms with E-state index >= 15 is 0 Å². The maximum Gasteiger partial charge on any atom is 0.0642 e. The normalized spacial score (nSPS) is 36.3. The molecular weight excluding hydrogens is 437 g/mol. The van der Waals surface area contributed by atoms with Crippen molar-refractivity contribution in [3.05, 3.63) is 23.5 Å². The average molecular weight is 471 g/mol. The molecule has 2 aliphatic heterocycles. The molecule has 2 heterocycles. The molecule has 4 aliphatic rings. The molecule has 146 valence electrons. The third-order valence-electron chi connectivity index (χ3n) is 6.46. The predicted octanol–water partition coefficient (Wildman–Crippen LogP) is 3.58. The number of rotatable bonds is 3. The van der Waals surface area contributed by atoms with Crippen molar-refractivity contribution >= 4 is 22.6 Å². The Morgan fingerprint density at radius 1 is 1.04 bits per heavy atom. The minimum absolute atomic E-state index is 0.488. The number of morpholine rings is 1. The number of fused-ring (bicyclic) bond motifs is 1. The Kier molecular flexibility index (Phi) is 6.81. The van der Waals surface area contributed by atoms with Gasteiger partial charge in [-0.15, -0.1) is 0 Å². The number of nitrogens with zero attached hydrogens (tertiary/aromatic N) is 1. The lowest BCUT2D eigenvalue weighted by Crippen LogP contribution is -2.46. The first-order valence-electron chi connectivity index (χ1n) is 10.7. The van der Waals surface area contributed by atoms with Gasteiger partial charge in [0.2, 0.25) is 0 Å². The van der Waals surface area contributed by atoms with Gasteiger partial charge in [0.25, 0.3) is 0 Å². The smallest absolute Gasteiger partial charge is 0.0642 e. The van der Waals surface area contributed by atoms with Crippen LogP contribution in [0.25, 0.3) is 0 Å². The number of ether oxygens (including phenoxy) is 1. The summed E-state index contributed by atoms with van der Waals surface area (Å²) in [4.78, 5) is 2.52. The molecule has 4 rings (SSSR count). The second-order valence-corrected chi connectivity index (χ2v) is 10.1. The van der Waals surface area contributed by atoms with Crippen LogP contribution in [0.15, 0.2) is 23.5 Å². The summed E-state index contributed by atoms with van der Waals surface area (Å²) in [6, 6.07) is 1.16. The predicted molar refractivity (Wildman–Crippen MR) is 116 cm³/mol. The van der Waals surface area contributed by atoms with Gasteiger partial charge in [0.15, 0.2) is 0 Å². The van der Waals surface area contributed by atoms with Crippen molar-refractivity contribution in [2.24, 2.45) is 5.92 Å². The van der Waals surface area contributed by atoms with Crippen LogP contribution in [0.2, 0.25) is 0 Å². The summed E-state index contributed by atoms with van der Waals surface area (Å²) in [6.45, 7) is 4.91. The summed E-state index contributed by atoms with van der Waals surface area (Å²) >= 11 is 2.63. The fourth-order valence-corrected chi connectivity index (χ4v) is 5.60. The molecule has 4 nitrogen and oxygen atoms in total. The molecule has 0 aromatic heterocycles. The van der Waals surface area contributed by atoms with Gasteiger partial charge in [-0.25, -0.2) is 0 Å². The van der Waals surface area contributed by atoms with Crippen LogP contribution in [0.5, 0.6) is 0 Å². The molecule has 0 bridgehead atoms. The molecule has 5 heteroatoms. The van der Waals surface area contributed by atoms with Crippen molar-refractivity contribution in [3.63, 3.8) is 0 Å². The van der Waals surface area contributed by atoms with Gasteiger partial charge in [-0.1, -0.05) is 35.4 Å². The van der Waals surface area contributed by atoms with E-state index in [9.17, 15) is 0 Å². The van der Waals surface area contributed by atoms with Crippen LogP contribution >= 0.6 is 22.6 Å². The van der Waals surface area contributed by atoms with Gasteiger partial charge in [0.1, 0.15) is 0 Å². The number of hydrogen-bond donors (Lipinski definition) is 2. The Labute approximate surface area is 172 Å². The standard InChI is InChI=1S/C21H34IN3O/c22-16-5-7-17(8-6-16)24-21-15-18(25-10-12-26-13-11-25)14-20-19(21)4-2-1-3-9-23-20/h14-17,19-20,23-24H,1-13H2/t16-,17+,19?,20?. The molecule has 0 amide bonds. The fourth-order valence-electron chi connectivity index (χ4n) is 4.88. The van der Waals surface area contributed by atoms with Gasteiger partial charge in [0, 0.05) is 46.4 Å². The second kappa shape index (κ2) is 9.28. The van der Waals surface area contributed by atoms with Crippen LogP contribution in [-0.2, 0) is 4.74 Å². The number of alkyl halides is 1. The Hall–Kier alpha value is -0.270. The van der Waals surface area contributed by atoms with E-state index in [2.05, 4.69) is 50.3 Å². The van der Waals surface area contributed by atoms with Crippen LogP contribution in [0.4, 0.5) is 0 Å². The summed E-state index contributed by atoms with van der Waals surface area (Å²) in [5.74, 6) is 0.623. The fraction of sp³-hybridized carbons (Fsp3) is 0.810. The van der Waals surface area contributed by atoms with Gasteiger partial charge in [-0.05, 0) is 57.2 Å². The van der Waals surface area contributed by atoms with Gasteiger partial charge < -0.3 is 20.3 Å². The summed E-state index contributed by atoms with van der Waals surface area (Å²) in [5.41, 5.74) is 2.91. The minimum atomic E-state index is 0.488. The molecule has 2 N–H and O–H groups in total. The Morgan fingerprint density at radius 2 is 1.85 bits per heavy atom. The number of nitrogens with one attached hydrogen (secondary N) is 2. The van der Waals surface area contributed by atoms with E-state index in [1.54, 1.807) is 0 Å². The summed E-state index contributed by atoms with van der Waals surface area (Å²) < 4.78 is 6.45. The van der Waals surface area contributed by atoms with Gasteiger partial charge in [-0.2, -0.15) is 0 Å². The van der Waals surface area contributed by atoms with Gasteiger partial charge >= 0.3 is 0 Å². The highest BCUT2D eigenvalue weighted by Crippen LogP contribution is 2.33. The highest BCUT2D eigenvalue weighted by atomic mass is 127. The summed E-state index contributed by atoms with van der Waals surface area (Å²) in [7, 11) is 0. The van der Waals surface area contributed by atoms with Crippen LogP contribution in [0.3, 0.4) is 0 Å². The molecular formula is C21H34IN3O. The molecule has 2 saturated heterocycles. The molecule has 2 unspecified atom stereocenters. The van der Waals surface area contributed by atoms with E-state index in [0.29, 0.717) is 18.0 Å². The van der Waals surface area contributed by atoms with Crippen molar-refractivity contribution < 1.29 is 4.74 Å². The highest BCUT2D eigenvalue weighted by Gasteiger charge is 2.31. The topological polar surface area (TPSA) is 36.5 Å². The van der Waals surface area contributed by atoms with Gasteiger partial charge in [-0.3, -0.25) is 0 Å². The van der Waals surface area contributed by atoms with Crippen LogP contribution < -0.4 is 10.6 Å². The lowest BCUT2D eigenvalue weighted by Gasteiger charge is -2.40. The number of allylic oxidation sites excluding steroid dienone is 1. The summed E-state index contributed by atoms with van der Waals surface area (Å²) in [5, 5.41) is 7.86. The van der Waals surface area contributed by atoms with E-state index in [1.807, 2.05) is 0 Å². The Morgan fingerprint density at radius 3 is 2.65 bits per heavy atom. The molecule has 0 spiro atoms. The lowest BCUT2D eigenvalue weighted by molar-refractivity contribution is 0.0546. The second-order valence-electron chi connectivity index (χ2n) is 8.32. The minimum Gasteiger partial charge on any atom is -0.385 e. The van der Waals surface area contributed by atoms with E-state index in [1.165, 1.54) is 62.8 Å². The third kappa shape index (κ3) is 4.76. The third-order valence-corrected chi connectivity index (χ3v) is 7.71. The highest BCUT2D eigenvalue weighted by molar-refractivity contribution is 14.1. The molecule has 2 atom stereocenters. The molecule has 0 aromatic carbocycles. The van der Waals surface area contributed by atoms with Crippen LogP contribution in [-0.4, -0.2) is 53.8 Å². The zero-order valence-electron chi connectivity index (χ0n) is 15.9. The Bertz CT molecular complexity index is 521. The first-order chi connectivity index (χ1) is 12.8. The summed E-state index contributed by atoms with van der Waals surface area (Å²) in [6.07, 6.45) is 15.7. The quantitative estimate of drug-likeness (QED) is 0.488. The SMILES string of the molecule is I[C@H]1CC[C@@H](NC2=CC(N3CCOCC3)=CC3NCCCCCC23)CC1. The molecule has 1 saturated carbocycles. The maximum atomic E-state index is 5.57. The Balaban J connectivity index is 1.52. The van der Waals surface area contributed by atoms with Crippen LogP contribution in [0, 0.1) is 5.92 Å². The number of halogens is 1. The number of hydrogen-bond acceptors (Lipinski definition) is 4. The van der Waals surface area contributed by atoms with Crippen molar-refractivity contribution in [1.29, 1.82) is 0 Å². The average Bonchev–Trinajstić information content (AvgIpc) is 2.65. The largest absolute Gasteiger partial charge is 0.385 e. The molecule has 26 heavy (non-hydrogen) atoms. The van der Waals surface area contributed by atoms with Crippen molar-refractivity contribution in [2.75, 3.05) is 32.8 Å². The van der Waals surface area contributed by atoms with Crippen LogP contribution in [0.1, 0.15) is 51.4 Å². The van der Waals surface area contributed by atoms with Gasteiger partial charge in [0.05, 0.1) is 13.2 Å². The van der Waals surface area contributed by atoms with E-state index in [4.69, 9.17) is 4.74 Å². The first kappa shape index (κ1) is 19.1. The lowest BCUT2D eigenvalue weighted by atomic mass is 9.83. The monoisotopic (exact) mass is 471 g/mol. The maximum absolute atomic E-state index is 5.57. The van der Waals surface area contributed by atoms with E-state index < -0.39 is 0 Å². The molecule has 3 fully saturated rings. The molecule has 0 aromatic rings. The zero-order chi connectivity index (χ0) is 17.8.